The first-order chi connectivity index (χ1) is 33.5. The summed E-state index contributed by atoms with van der Waals surface area (Å²) in [6, 6.07) is 0. The molecular weight excluding hydrogens is 841 g/mol. The second kappa shape index (κ2) is 55.1. The van der Waals surface area contributed by atoms with Crippen LogP contribution in [-0.4, -0.2) is 37.2 Å². The summed E-state index contributed by atoms with van der Waals surface area (Å²) in [5, 5.41) is 0. The van der Waals surface area contributed by atoms with E-state index in [1.165, 1.54) is 44.9 Å². The minimum atomic E-state index is -0.832. The van der Waals surface area contributed by atoms with Crippen LogP contribution < -0.4 is 0 Å². The summed E-state index contributed by atoms with van der Waals surface area (Å²) in [5.41, 5.74) is 0. The highest BCUT2D eigenvalue weighted by atomic mass is 16.6. The van der Waals surface area contributed by atoms with Gasteiger partial charge in [-0.25, -0.2) is 0 Å². The zero-order valence-electron chi connectivity index (χ0n) is 43.6. The summed E-state index contributed by atoms with van der Waals surface area (Å²) in [4.78, 5) is 38.1. The van der Waals surface area contributed by atoms with Gasteiger partial charge in [-0.2, -0.15) is 0 Å². The normalized spacial score (nSPS) is 13.2. The lowest BCUT2D eigenvalue weighted by Gasteiger charge is -2.18. The number of allylic oxidation sites excluding steroid dienone is 22. The van der Waals surface area contributed by atoms with Gasteiger partial charge in [-0.1, -0.05) is 206 Å². The van der Waals surface area contributed by atoms with Gasteiger partial charge >= 0.3 is 17.9 Å². The van der Waals surface area contributed by atoms with E-state index in [9.17, 15) is 14.4 Å². The number of carbonyl (C=O) groups excluding carboxylic acids is 3. The first-order valence-electron chi connectivity index (χ1n) is 27.2. The number of hydrogen-bond acceptors (Lipinski definition) is 6. The van der Waals surface area contributed by atoms with Crippen molar-refractivity contribution in [1.82, 2.24) is 0 Å². The number of rotatable bonds is 47. The van der Waals surface area contributed by atoms with E-state index in [1.807, 2.05) is 0 Å². The molecule has 0 aliphatic rings. The molecule has 0 bridgehead atoms. The topological polar surface area (TPSA) is 78.9 Å². The average molecular weight is 939 g/mol. The summed E-state index contributed by atoms with van der Waals surface area (Å²) in [6.07, 6.45) is 77.2. The molecule has 0 heterocycles. The van der Waals surface area contributed by atoms with Crippen molar-refractivity contribution in [3.05, 3.63) is 134 Å². The van der Waals surface area contributed by atoms with Crippen molar-refractivity contribution in [2.45, 2.75) is 226 Å². The third kappa shape index (κ3) is 52.5. The molecule has 0 spiro atoms. The van der Waals surface area contributed by atoms with Gasteiger partial charge in [-0.15, -0.1) is 0 Å². The number of unbranched alkanes of at least 4 members (excludes halogenated alkanes) is 14. The Balaban J connectivity index is 4.58. The molecule has 68 heavy (non-hydrogen) atoms. The second-order valence-electron chi connectivity index (χ2n) is 17.4. The van der Waals surface area contributed by atoms with Gasteiger partial charge in [-0.3, -0.25) is 14.4 Å². The van der Waals surface area contributed by atoms with Crippen LogP contribution in [0.15, 0.2) is 134 Å². The van der Waals surface area contributed by atoms with Gasteiger partial charge in [0.2, 0.25) is 0 Å². The molecular formula is C62H98O6. The Labute approximate surface area is 417 Å². The molecule has 0 aromatic carbocycles. The molecule has 1 atom stereocenters. The Hall–Kier alpha value is -4.45. The van der Waals surface area contributed by atoms with Crippen LogP contribution in [0.25, 0.3) is 0 Å². The first-order valence-corrected chi connectivity index (χ1v) is 27.2. The van der Waals surface area contributed by atoms with Crippen LogP contribution in [0.2, 0.25) is 0 Å². The summed E-state index contributed by atoms with van der Waals surface area (Å²) in [6.45, 7) is 6.35. The van der Waals surface area contributed by atoms with Gasteiger partial charge in [-0.05, 0) is 128 Å². The van der Waals surface area contributed by atoms with E-state index in [-0.39, 0.29) is 37.5 Å². The quantitative estimate of drug-likeness (QED) is 0.0262. The summed E-state index contributed by atoms with van der Waals surface area (Å²) in [5.74, 6) is -1.03. The van der Waals surface area contributed by atoms with Crippen molar-refractivity contribution in [2.75, 3.05) is 13.2 Å². The summed E-state index contributed by atoms with van der Waals surface area (Å²) < 4.78 is 16.7. The molecule has 382 valence electrons. The maximum atomic E-state index is 12.8. The monoisotopic (exact) mass is 939 g/mol. The molecule has 0 aromatic heterocycles. The SMILES string of the molecule is CC/C=C/C/C=C/C/C=C/C/C=C/C/C=C/CCCC(=O)O[C@@H](COC(=O)CCCCC/C=C/C/C=C/C/C=C/C/C=C/CCCCC)COC(=O)CCCCCCC/C=C/C/C=C/CCCC. The van der Waals surface area contributed by atoms with Gasteiger partial charge in [0.15, 0.2) is 6.10 Å². The van der Waals surface area contributed by atoms with Gasteiger partial charge in [0.05, 0.1) is 0 Å². The molecule has 0 amide bonds. The number of carbonyl (C=O) groups is 3. The third-order valence-electron chi connectivity index (χ3n) is 10.9. The molecule has 0 unspecified atom stereocenters. The maximum absolute atomic E-state index is 12.8. The lowest BCUT2D eigenvalue weighted by Crippen LogP contribution is -2.30. The average Bonchev–Trinajstić information content (AvgIpc) is 3.34. The highest BCUT2D eigenvalue weighted by Gasteiger charge is 2.19. The predicted octanol–water partition coefficient (Wildman–Crippen LogP) is 18.3. The van der Waals surface area contributed by atoms with Crippen molar-refractivity contribution < 1.29 is 28.6 Å². The lowest BCUT2D eigenvalue weighted by molar-refractivity contribution is -0.167. The molecule has 0 N–H and O–H groups in total. The van der Waals surface area contributed by atoms with Crippen LogP contribution in [0, 0.1) is 0 Å². The minimum absolute atomic E-state index is 0.123. The van der Waals surface area contributed by atoms with E-state index >= 15 is 0 Å². The fraction of sp³-hybridized carbons (Fsp3) is 0.597. The van der Waals surface area contributed by atoms with Gasteiger partial charge < -0.3 is 14.2 Å². The van der Waals surface area contributed by atoms with Crippen LogP contribution in [0.1, 0.15) is 220 Å². The van der Waals surface area contributed by atoms with Crippen LogP contribution >= 0.6 is 0 Å². The Morgan fingerprint density at radius 1 is 0.309 bits per heavy atom. The molecule has 6 heteroatoms. The van der Waals surface area contributed by atoms with Crippen molar-refractivity contribution in [3.8, 4) is 0 Å². The maximum Gasteiger partial charge on any atom is 0.306 e. The molecule has 0 fully saturated rings. The van der Waals surface area contributed by atoms with E-state index in [1.54, 1.807) is 0 Å². The Kier molecular flexibility index (Phi) is 51.5. The van der Waals surface area contributed by atoms with E-state index in [0.29, 0.717) is 19.3 Å². The zero-order chi connectivity index (χ0) is 49.3. The lowest BCUT2D eigenvalue weighted by atomic mass is 10.1. The Bertz CT molecular complexity index is 1500. The Morgan fingerprint density at radius 3 is 1.00 bits per heavy atom. The Morgan fingerprint density at radius 2 is 0.603 bits per heavy atom. The van der Waals surface area contributed by atoms with Crippen LogP contribution in [0.3, 0.4) is 0 Å². The predicted molar refractivity (Wildman–Crippen MR) is 292 cm³/mol. The van der Waals surface area contributed by atoms with Crippen molar-refractivity contribution >= 4 is 17.9 Å². The number of esters is 3. The molecule has 0 aliphatic carbocycles. The highest BCUT2D eigenvalue weighted by Crippen LogP contribution is 2.11. The van der Waals surface area contributed by atoms with E-state index in [4.69, 9.17) is 14.2 Å². The van der Waals surface area contributed by atoms with E-state index in [2.05, 4.69) is 154 Å². The van der Waals surface area contributed by atoms with Crippen LogP contribution in [0.5, 0.6) is 0 Å². The zero-order valence-corrected chi connectivity index (χ0v) is 43.6. The smallest absolute Gasteiger partial charge is 0.306 e. The van der Waals surface area contributed by atoms with Gasteiger partial charge in [0, 0.05) is 19.3 Å². The first kappa shape index (κ1) is 63.5. The summed E-state index contributed by atoms with van der Waals surface area (Å²) in [7, 11) is 0. The molecule has 6 nitrogen and oxygen atoms in total. The standard InChI is InChI=1S/C62H98O6/c1-4-7-10-13-16-19-22-25-28-30-31-33-34-37-40-43-46-49-52-55-61(64)67-58-59(57-66-60(63)54-51-48-45-42-39-36-27-24-21-18-15-12-9-6-3)68-62(65)56-53-50-47-44-41-38-35-32-29-26-23-20-17-14-11-8-5-2/h8,11,15-20,24-29,31,33,35,37-38,40,44,47,59H,4-7,9-10,12-14,21-23,30,32,34,36,39,41-43,45-46,48-58H2,1-3H3/b11-8+,18-15+,19-16+,20-17+,27-24+,28-25+,29-26+,33-31+,38-35+,40-37+,47-44+/t59-/m1/s1. The van der Waals surface area contributed by atoms with E-state index < -0.39 is 6.10 Å². The van der Waals surface area contributed by atoms with Crippen LogP contribution in [0.4, 0.5) is 0 Å². The van der Waals surface area contributed by atoms with E-state index in [0.717, 1.165) is 128 Å². The third-order valence-corrected chi connectivity index (χ3v) is 10.9. The number of ether oxygens (including phenoxy) is 3. The highest BCUT2D eigenvalue weighted by molar-refractivity contribution is 5.71. The number of hydrogen-bond donors (Lipinski definition) is 0. The van der Waals surface area contributed by atoms with Gasteiger partial charge in [0.25, 0.3) is 0 Å². The largest absolute Gasteiger partial charge is 0.462 e. The van der Waals surface area contributed by atoms with Gasteiger partial charge in [0.1, 0.15) is 13.2 Å². The second-order valence-corrected chi connectivity index (χ2v) is 17.4. The minimum Gasteiger partial charge on any atom is -0.462 e. The molecule has 0 rings (SSSR count). The van der Waals surface area contributed by atoms with Crippen LogP contribution in [-0.2, 0) is 28.6 Å². The fourth-order valence-electron chi connectivity index (χ4n) is 6.77. The van der Waals surface area contributed by atoms with Crippen molar-refractivity contribution in [3.63, 3.8) is 0 Å². The fourth-order valence-corrected chi connectivity index (χ4v) is 6.77. The molecule has 0 saturated carbocycles. The summed E-state index contributed by atoms with van der Waals surface area (Å²) >= 11 is 0. The molecule has 0 aromatic rings. The van der Waals surface area contributed by atoms with Crippen molar-refractivity contribution in [2.24, 2.45) is 0 Å². The molecule has 0 radical (unpaired) electrons. The molecule has 0 aliphatic heterocycles. The molecule has 0 saturated heterocycles. The van der Waals surface area contributed by atoms with Crippen molar-refractivity contribution in [1.29, 1.82) is 0 Å².